The van der Waals surface area contributed by atoms with Crippen LogP contribution in [0.2, 0.25) is 5.02 Å². The summed E-state index contributed by atoms with van der Waals surface area (Å²) in [4.78, 5) is 57.9. The van der Waals surface area contributed by atoms with Gasteiger partial charge in [-0.15, -0.1) is 21.5 Å². The van der Waals surface area contributed by atoms with Crippen LogP contribution in [0.4, 0.5) is 0 Å². The number of oxazole rings is 1. The van der Waals surface area contributed by atoms with Crippen LogP contribution in [0.15, 0.2) is 94.9 Å². The number of nitrogens with one attached hydrogen (secondary N) is 3. The number of benzene rings is 2. The summed E-state index contributed by atoms with van der Waals surface area (Å²) in [6, 6.07) is 16.6. The second-order valence-electron chi connectivity index (χ2n) is 20.2. The quantitative estimate of drug-likeness (QED) is 0.0727. The van der Waals surface area contributed by atoms with Gasteiger partial charge < -0.3 is 39.8 Å². The summed E-state index contributed by atoms with van der Waals surface area (Å²) < 4.78 is 19.5. The van der Waals surface area contributed by atoms with Gasteiger partial charge in [0, 0.05) is 76.2 Å². The largest absolute Gasteiger partial charge is 0.482 e. The first kappa shape index (κ1) is 51.0. The zero-order valence-electron chi connectivity index (χ0n) is 42.2. The highest BCUT2D eigenvalue weighted by atomic mass is 35.5. The molecule has 4 N–H and O–H groups in total. The number of hydrogen-bond donors (Lipinski definition) is 4. The number of halogens is 1. The summed E-state index contributed by atoms with van der Waals surface area (Å²) in [5.74, 6) is 1.81. The number of aliphatic imine (C=N–C) groups is 1. The van der Waals surface area contributed by atoms with Crippen molar-refractivity contribution in [1.82, 2.24) is 45.6 Å². The Balaban J connectivity index is 0.750. The molecule has 2 fully saturated rings. The molecular weight excluding hydrogens is 968 g/mol. The van der Waals surface area contributed by atoms with Gasteiger partial charge in [0.1, 0.15) is 34.8 Å². The maximum Gasteiger partial charge on any atom is 0.258 e. The first-order valence-electron chi connectivity index (χ1n) is 24.5. The normalized spacial score (nSPS) is 20.1. The minimum Gasteiger partial charge on any atom is -0.482 e. The molecule has 19 heteroatoms. The first-order valence-corrected chi connectivity index (χ1v) is 25.7. The van der Waals surface area contributed by atoms with Crippen molar-refractivity contribution in [2.45, 2.75) is 123 Å². The van der Waals surface area contributed by atoms with Gasteiger partial charge in [-0.2, -0.15) is 0 Å². The highest BCUT2D eigenvalue weighted by Crippen LogP contribution is 2.40. The number of aryl methyl sites for hydroxylation is 3. The van der Waals surface area contributed by atoms with Crippen molar-refractivity contribution in [2.24, 2.45) is 10.4 Å². The summed E-state index contributed by atoms with van der Waals surface area (Å²) >= 11 is 7.93. The minimum absolute atomic E-state index is 0.0821. The van der Waals surface area contributed by atoms with Crippen LogP contribution in [0.25, 0.3) is 16.3 Å². The Hall–Kier alpha value is -6.89. The summed E-state index contributed by atoms with van der Waals surface area (Å²) in [6.07, 6.45) is 3.55. The van der Waals surface area contributed by atoms with E-state index in [-0.39, 0.29) is 49.6 Å². The van der Waals surface area contributed by atoms with Gasteiger partial charge in [0.05, 0.1) is 36.2 Å². The Morgan fingerprint density at radius 1 is 0.945 bits per heavy atom. The number of nitrogens with zero attached hydrogens (tertiary/aromatic N) is 7. The fraction of sp³-hybridized carbons (Fsp3) is 0.407. The number of rotatable bonds is 16. The molecule has 0 spiro atoms. The zero-order chi connectivity index (χ0) is 51.9. The standard InChI is InChI=1S/C54H61ClN10O7S/c1-28-32(5)73-53-47(28)48(35-14-16-37(55)17-15-35)60-42(51-63-62-33(6)65(51)53)23-44(67)59-38-20-41(21-38)72-46-19-18-40(24-56-46)70-26-45(68)61-50(54(7,8)9)52(69)64-25-39(66)22-43(64)30(3)58-29(2)34-10-12-36(13-11-34)49-31(4)57-27-71-49/h10-19,24,27,29,38-39,41-43,50,58,66H,3,20-23,25-26H2,1-2,4-9H3,(H,59,67)(H,61,68)/t29-,38-,39+,41+,42-,43-,50+/m0/s1. The zero-order valence-corrected chi connectivity index (χ0v) is 43.8. The Labute approximate surface area is 433 Å². The molecule has 73 heavy (non-hydrogen) atoms. The monoisotopic (exact) mass is 1030 g/mol. The van der Waals surface area contributed by atoms with E-state index < -0.39 is 35.6 Å². The van der Waals surface area contributed by atoms with Crippen LogP contribution in [-0.2, 0) is 14.4 Å². The number of aromatic nitrogens is 5. The maximum atomic E-state index is 14.3. The lowest BCUT2D eigenvalue weighted by Crippen LogP contribution is -2.57. The highest BCUT2D eigenvalue weighted by Gasteiger charge is 2.43. The third kappa shape index (κ3) is 11.1. The number of likely N-dealkylation sites (tertiary alicyclic amines) is 1. The molecule has 3 amide bonds. The van der Waals surface area contributed by atoms with Gasteiger partial charge in [-0.25, -0.2) is 9.97 Å². The molecule has 5 atom stereocenters. The predicted octanol–water partition coefficient (Wildman–Crippen LogP) is 8.01. The number of pyridine rings is 1. The van der Waals surface area contributed by atoms with Crippen LogP contribution < -0.4 is 25.4 Å². The van der Waals surface area contributed by atoms with Crippen LogP contribution in [-0.4, -0.2) is 102 Å². The molecule has 6 heterocycles. The van der Waals surface area contributed by atoms with Crippen molar-refractivity contribution in [3.63, 3.8) is 0 Å². The van der Waals surface area contributed by atoms with Crippen LogP contribution in [0.3, 0.4) is 0 Å². The molecular formula is C54H61ClN10O7S. The van der Waals surface area contributed by atoms with E-state index in [9.17, 15) is 19.5 Å². The van der Waals surface area contributed by atoms with Gasteiger partial charge in [0.25, 0.3) is 5.91 Å². The number of carbonyl (C=O) groups excluding carboxylic acids is 3. The highest BCUT2D eigenvalue weighted by molar-refractivity contribution is 7.15. The van der Waals surface area contributed by atoms with Crippen molar-refractivity contribution < 1.29 is 33.4 Å². The molecule has 17 nitrogen and oxygen atoms in total. The molecule has 2 aliphatic heterocycles. The van der Waals surface area contributed by atoms with Gasteiger partial charge in [0.2, 0.25) is 17.7 Å². The lowest BCUT2D eigenvalue weighted by molar-refractivity contribution is -0.140. The van der Waals surface area contributed by atoms with Crippen molar-refractivity contribution >= 4 is 46.4 Å². The van der Waals surface area contributed by atoms with Crippen molar-refractivity contribution in [3.05, 3.63) is 135 Å². The van der Waals surface area contributed by atoms with Gasteiger partial charge in [-0.05, 0) is 69.4 Å². The van der Waals surface area contributed by atoms with E-state index in [0.29, 0.717) is 47.4 Å². The summed E-state index contributed by atoms with van der Waals surface area (Å²) in [7, 11) is 0. The molecule has 9 rings (SSSR count). The molecule has 382 valence electrons. The second-order valence-corrected chi connectivity index (χ2v) is 21.9. The number of fused-ring (bicyclic) bond motifs is 3. The van der Waals surface area contributed by atoms with E-state index in [1.54, 1.807) is 28.4 Å². The number of aliphatic hydroxyl groups is 1. The van der Waals surface area contributed by atoms with Gasteiger partial charge in [-0.3, -0.25) is 23.9 Å². The Kier molecular flexibility index (Phi) is 14.6. The SMILES string of the molecule is C=C(N[C@@H](C)c1ccc(-c2ocnc2C)cc1)[C@@H]1C[C@@H](O)CN1C(=O)[C@@H](NC(=O)COc1ccc(O[C@H]2C[C@@H](NC(=O)C[C@@H]3N=C(c4ccc(Cl)cc4)c4c(sc(C)c4C)-n4c(C)nnc43)C2)nc1)C(C)(C)C. The van der Waals surface area contributed by atoms with E-state index in [1.807, 2.05) is 94.6 Å². The van der Waals surface area contributed by atoms with E-state index in [2.05, 4.69) is 56.5 Å². The Bertz CT molecular complexity index is 3050. The molecule has 6 aromatic rings. The molecule has 0 unspecified atom stereocenters. The third-order valence-corrected chi connectivity index (χ3v) is 15.2. The minimum atomic E-state index is -0.925. The topological polar surface area (TPSA) is 211 Å². The smallest absolute Gasteiger partial charge is 0.258 e. The fourth-order valence-electron chi connectivity index (χ4n) is 9.58. The van der Waals surface area contributed by atoms with Crippen molar-refractivity contribution in [3.8, 4) is 28.0 Å². The Morgan fingerprint density at radius 3 is 2.34 bits per heavy atom. The number of ether oxygens (including phenoxy) is 2. The van der Waals surface area contributed by atoms with Gasteiger partial charge >= 0.3 is 0 Å². The van der Waals surface area contributed by atoms with Crippen molar-refractivity contribution in [2.75, 3.05) is 13.2 Å². The van der Waals surface area contributed by atoms with Crippen LogP contribution >= 0.6 is 22.9 Å². The first-order chi connectivity index (χ1) is 34.8. The van der Waals surface area contributed by atoms with E-state index in [1.165, 1.54) is 17.5 Å². The van der Waals surface area contributed by atoms with Crippen LogP contribution in [0, 0.1) is 33.1 Å². The predicted molar refractivity (Wildman–Crippen MR) is 278 cm³/mol. The molecule has 3 aliphatic rings. The van der Waals surface area contributed by atoms with Crippen LogP contribution in [0.5, 0.6) is 11.6 Å². The lowest BCUT2D eigenvalue weighted by Gasteiger charge is -2.36. The van der Waals surface area contributed by atoms with E-state index in [0.717, 1.165) is 55.8 Å². The van der Waals surface area contributed by atoms with E-state index >= 15 is 0 Å². The number of aliphatic hydroxyl groups excluding tert-OH is 1. The molecule has 1 saturated heterocycles. The third-order valence-electron chi connectivity index (χ3n) is 13.8. The fourth-order valence-corrected chi connectivity index (χ4v) is 10.9. The molecule has 1 saturated carbocycles. The van der Waals surface area contributed by atoms with E-state index in [4.69, 9.17) is 30.5 Å². The number of thiophene rings is 1. The molecule has 4 aromatic heterocycles. The average molecular weight is 1030 g/mol. The second kappa shape index (κ2) is 20.9. The molecule has 2 aromatic carbocycles. The molecule has 0 radical (unpaired) electrons. The molecule has 0 bridgehead atoms. The molecule has 1 aliphatic carbocycles. The lowest BCUT2D eigenvalue weighted by atomic mass is 9.85. The summed E-state index contributed by atoms with van der Waals surface area (Å²) in [5, 5.41) is 30.8. The van der Waals surface area contributed by atoms with Gasteiger partial charge in [0.15, 0.2) is 24.6 Å². The van der Waals surface area contributed by atoms with Crippen LogP contribution in [0.1, 0.15) is 110 Å². The average Bonchev–Trinajstić information content (AvgIpc) is 4.11. The van der Waals surface area contributed by atoms with Crippen molar-refractivity contribution in [1.29, 1.82) is 0 Å². The maximum absolute atomic E-state index is 14.3. The summed E-state index contributed by atoms with van der Waals surface area (Å²) in [5.41, 5.74) is 6.45. The number of hydrogen-bond acceptors (Lipinski definition) is 14. The summed E-state index contributed by atoms with van der Waals surface area (Å²) in [6.45, 7) is 19.6. The number of β-amino-alcohol motifs (C(OH)–C–C–N with tert-alkyl or cyclic N) is 1. The van der Waals surface area contributed by atoms with Gasteiger partial charge in [-0.1, -0.05) is 75.3 Å². The Morgan fingerprint density at radius 2 is 1.67 bits per heavy atom. The number of carbonyl (C=O) groups is 3. The number of amides is 3.